The largest absolute Gasteiger partial charge is 0.496 e. The minimum atomic E-state index is -3.03. The van der Waals surface area contributed by atoms with Gasteiger partial charge in [0.2, 0.25) is 0 Å². The number of carbonyl (C=O) groups excluding carboxylic acids is 1. The minimum absolute atomic E-state index is 0.0138. The molecule has 1 aliphatic heterocycles. The molecular weight excluding hydrogens is 280 g/mol. The standard InChI is InChI=1S/C13H18N2O4S/c1-15(10-5-6-20(17,18)8-10)13(16)11-7-9(14)3-4-12(11)19-2/h3-4,7,10H,5-6,8,14H2,1-2H3. The summed E-state index contributed by atoms with van der Waals surface area (Å²) in [5.74, 6) is 0.289. The lowest BCUT2D eigenvalue weighted by Crippen LogP contribution is -2.38. The number of nitrogens with two attached hydrogens (primary N) is 1. The summed E-state index contributed by atoms with van der Waals surface area (Å²) in [6, 6.07) is 4.53. The molecule has 2 N–H and O–H groups in total. The first-order chi connectivity index (χ1) is 9.34. The van der Waals surface area contributed by atoms with E-state index in [4.69, 9.17) is 10.5 Å². The number of hydrogen-bond acceptors (Lipinski definition) is 5. The van der Waals surface area contributed by atoms with E-state index in [9.17, 15) is 13.2 Å². The molecule has 1 aromatic carbocycles. The lowest BCUT2D eigenvalue weighted by atomic mass is 10.1. The van der Waals surface area contributed by atoms with E-state index in [2.05, 4.69) is 0 Å². The zero-order valence-corrected chi connectivity index (χ0v) is 12.3. The maximum absolute atomic E-state index is 12.5. The molecule has 20 heavy (non-hydrogen) atoms. The number of ether oxygens (including phenoxy) is 1. The van der Waals surface area contributed by atoms with Crippen LogP contribution in [0.15, 0.2) is 18.2 Å². The number of methoxy groups -OCH3 is 1. The first-order valence-corrected chi connectivity index (χ1v) is 8.07. The van der Waals surface area contributed by atoms with Crippen molar-refractivity contribution in [2.45, 2.75) is 12.5 Å². The lowest BCUT2D eigenvalue weighted by Gasteiger charge is -2.24. The molecule has 0 aromatic heterocycles. The van der Waals surface area contributed by atoms with E-state index in [0.717, 1.165) is 0 Å². The highest BCUT2D eigenvalue weighted by molar-refractivity contribution is 7.91. The van der Waals surface area contributed by atoms with E-state index in [1.807, 2.05) is 0 Å². The Hall–Kier alpha value is -1.76. The minimum Gasteiger partial charge on any atom is -0.496 e. The van der Waals surface area contributed by atoms with Crippen LogP contribution in [0.25, 0.3) is 0 Å². The fraction of sp³-hybridized carbons (Fsp3) is 0.462. The van der Waals surface area contributed by atoms with Crippen LogP contribution in [-0.4, -0.2) is 50.9 Å². The second kappa shape index (κ2) is 5.32. The van der Waals surface area contributed by atoms with Crippen molar-refractivity contribution in [3.63, 3.8) is 0 Å². The first-order valence-electron chi connectivity index (χ1n) is 6.25. The first kappa shape index (κ1) is 14.6. The van der Waals surface area contributed by atoms with Gasteiger partial charge in [0.15, 0.2) is 9.84 Å². The van der Waals surface area contributed by atoms with Crippen molar-refractivity contribution in [3.8, 4) is 5.75 Å². The highest BCUT2D eigenvalue weighted by Crippen LogP contribution is 2.25. The number of sulfone groups is 1. The Morgan fingerprint density at radius 1 is 1.45 bits per heavy atom. The molecule has 0 spiro atoms. The molecular formula is C13H18N2O4S. The summed E-state index contributed by atoms with van der Waals surface area (Å²) in [5, 5.41) is 0. The molecule has 0 aliphatic carbocycles. The fourth-order valence-electron chi connectivity index (χ4n) is 2.33. The molecule has 1 atom stereocenters. The van der Waals surface area contributed by atoms with Crippen LogP contribution in [0.1, 0.15) is 16.8 Å². The Morgan fingerprint density at radius 3 is 2.70 bits per heavy atom. The zero-order valence-electron chi connectivity index (χ0n) is 11.5. The highest BCUT2D eigenvalue weighted by Gasteiger charge is 2.33. The Kier molecular flexibility index (Phi) is 3.89. The number of amides is 1. The summed E-state index contributed by atoms with van der Waals surface area (Å²) in [4.78, 5) is 13.9. The van der Waals surface area contributed by atoms with Crippen LogP contribution in [-0.2, 0) is 9.84 Å². The topological polar surface area (TPSA) is 89.7 Å². The molecule has 1 saturated heterocycles. The number of hydrogen-bond donors (Lipinski definition) is 1. The molecule has 2 rings (SSSR count). The van der Waals surface area contributed by atoms with Crippen molar-refractivity contribution >= 4 is 21.4 Å². The van der Waals surface area contributed by atoms with E-state index < -0.39 is 9.84 Å². The second-order valence-electron chi connectivity index (χ2n) is 4.93. The number of rotatable bonds is 3. The maximum Gasteiger partial charge on any atom is 0.257 e. The van der Waals surface area contributed by atoms with E-state index in [1.165, 1.54) is 12.0 Å². The summed E-state index contributed by atoms with van der Waals surface area (Å²) in [6.45, 7) is 0. The number of benzene rings is 1. The van der Waals surface area contributed by atoms with Gasteiger partial charge in [-0.05, 0) is 24.6 Å². The predicted octanol–water partition coefficient (Wildman–Crippen LogP) is 0.536. The smallest absolute Gasteiger partial charge is 0.257 e. The van der Waals surface area contributed by atoms with Crippen molar-refractivity contribution in [2.75, 3.05) is 31.4 Å². The predicted molar refractivity (Wildman–Crippen MR) is 76.6 cm³/mol. The molecule has 0 radical (unpaired) electrons. The van der Waals surface area contributed by atoms with Crippen LogP contribution < -0.4 is 10.5 Å². The third kappa shape index (κ3) is 2.87. The van der Waals surface area contributed by atoms with Gasteiger partial charge >= 0.3 is 0 Å². The normalized spacial score (nSPS) is 20.6. The number of nitrogen functional groups attached to an aromatic ring is 1. The van der Waals surface area contributed by atoms with E-state index in [0.29, 0.717) is 23.4 Å². The molecule has 1 amide bonds. The van der Waals surface area contributed by atoms with Crippen LogP contribution in [0.5, 0.6) is 5.75 Å². The molecule has 1 aromatic rings. The van der Waals surface area contributed by atoms with Gasteiger partial charge in [-0.15, -0.1) is 0 Å². The van der Waals surface area contributed by atoms with Gasteiger partial charge in [-0.2, -0.15) is 0 Å². The van der Waals surface area contributed by atoms with Gasteiger partial charge in [-0.3, -0.25) is 4.79 Å². The van der Waals surface area contributed by atoms with Crippen molar-refractivity contribution in [3.05, 3.63) is 23.8 Å². The molecule has 1 aliphatic rings. The Bertz CT molecular complexity index is 627. The second-order valence-corrected chi connectivity index (χ2v) is 7.16. The number of nitrogens with zero attached hydrogens (tertiary/aromatic N) is 1. The molecule has 7 heteroatoms. The van der Waals surface area contributed by atoms with E-state index in [1.54, 1.807) is 25.2 Å². The third-order valence-electron chi connectivity index (χ3n) is 3.53. The van der Waals surface area contributed by atoms with E-state index in [-0.39, 0.29) is 23.5 Å². The number of anilines is 1. The fourth-order valence-corrected chi connectivity index (χ4v) is 4.10. The van der Waals surface area contributed by atoms with Gasteiger partial charge < -0.3 is 15.4 Å². The Balaban J connectivity index is 2.25. The molecule has 1 fully saturated rings. The Morgan fingerprint density at radius 2 is 2.15 bits per heavy atom. The summed E-state index contributed by atoms with van der Waals surface area (Å²) in [5.41, 5.74) is 6.50. The van der Waals surface area contributed by atoms with Crippen LogP contribution >= 0.6 is 0 Å². The van der Waals surface area contributed by atoms with Crippen molar-refractivity contribution in [1.82, 2.24) is 4.90 Å². The summed E-state index contributed by atoms with van der Waals surface area (Å²) >= 11 is 0. The highest BCUT2D eigenvalue weighted by atomic mass is 32.2. The third-order valence-corrected chi connectivity index (χ3v) is 5.28. The lowest BCUT2D eigenvalue weighted by molar-refractivity contribution is 0.0744. The number of carbonyl (C=O) groups is 1. The van der Waals surface area contributed by atoms with Crippen molar-refractivity contribution < 1.29 is 17.9 Å². The zero-order chi connectivity index (χ0) is 14.9. The van der Waals surface area contributed by atoms with Crippen LogP contribution in [0.4, 0.5) is 5.69 Å². The molecule has 6 nitrogen and oxygen atoms in total. The van der Waals surface area contributed by atoms with Gasteiger partial charge in [-0.1, -0.05) is 0 Å². The molecule has 0 bridgehead atoms. The van der Waals surface area contributed by atoms with Gasteiger partial charge in [-0.25, -0.2) is 8.42 Å². The van der Waals surface area contributed by atoms with Crippen LogP contribution in [0.2, 0.25) is 0 Å². The SMILES string of the molecule is COc1ccc(N)cc1C(=O)N(C)C1CCS(=O)(=O)C1. The molecule has 0 saturated carbocycles. The summed E-state index contributed by atoms with van der Waals surface area (Å²) in [7, 11) is 0.0523. The Labute approximate surface area is 118 Å². The quantitative estimate of drug-likeness (QED) is 0.822. The van der Waals surface area contributed by atoms with Gasteiger partial charge in [0.25, 0.3) is 5.91 Å². The summed E-state index contributed by atoms with van der Waals surface area (Å²) in [6.07, 6.45) is 0.467. The van der Waals surface area contributed by atoms with Gasteiger partial charge in [0.1, 0.15) is 5.75 Å². The molecule has 110 valence electrons. The monoisotopic (exact) mass is 298 g/mol. The van der Waals surface area contributed by atoms with Crippen molar-refractivity contribution in [1.29, 1.82) is 0 Å². The molecule has 1 unspecified atom stereocenters. The van der Waals surface area contributed by atoms with Gasteiger partial charge in [0, 0.05) is 18.8 Å². The summed E-state index contributed by atoms with van der Waals surface area (Å²) < 4.78 is 28.2. The average molecular weight is 298 g/mol. The molecule has 1 heterocycles. The average Bonchev–Trinajstić information content (AvgIpc) is 2.77. The van der Waals surface area contributed by atoms with Crippen LogP contribution in [0, 0.1) is 0 Å². The maximum atomic E-state index is 12.5. The van der Waals surface area contributed by atoms with E-state index >= 15 is 0 Å². The van der Waals surface area contributed by atoms with Crippen molar-refractivity contribution in [2.24, 2.45) is 0 Å². The van der Waals surface area contributed by atoms with Crippen LogP contribution in [0.3, 0.4) is 0 Å². The van der Waals surface area contributed by atoms with Gasteiger partial charge in [0.05, 0.1) is 24.2 Å².